The van der Waals surface area contributed by atoms with Crippen LogP contribution in [0.1, 0.15) is 31.1 Å². The van der Waals surface area contributed by atoms with E-state index in [1.54, 1.807) is 18.2 Å². The van der Waals surface area contributed by atoms with Crippen LogP contribution in [0.25, 0.3) is 16.5 Å². The van der Waals surface area contributed by atoms with E-state index >= 15 is 0 Å². The number of hydrogen-bond donors (Lipinski definition) is 2. The molecule has 27 heavy (non-hydrogen) atoms. The van der Waals surface area contributed by atoms with Crippen LogP contribution in [0, 0.1) is 0 Å². The van der Waals surface area contributed by atoms with Gasteiger partial charge in [-0.3, -0.25) is 24.3 Å². The molecule has 0 bridgehead atoms. The Labute approximate surface area is 152 Å². The van der Waals surface area contributed by atoms with Gasteiger partial charge in [0.2, 0.25) is 0 Å². The van der Waals surface area contributed by atoms with E-state index in [-0.39, 0.29) is 28.2 Å². The molecule has 1 aromatic heterocycles. The molecule has 0 radical (unpaired) electrons. The fourth-order valence-corrected chi connectivity index (χ4v) is 3.28. The van der Waals surface area contributed by atoms with E-state index < -0.39 is 23.3 Å². The molecule has 0 fully saturated rings. The number of imide groups is 1. The number of nitrogens with one attached hydrogen (secondary N) is 1. The van der Waals surface area contributed by atoms with E-state index in [0.29, 0.717) is 5.39 Å². The first-order valence-electron chi connectivity index (χ1n) is 7.95. The predicted octanol–water partition coefficient (Wildman–Crippen LogP) is 1.24. The lowest BCUT2D eigenvalue weighted by atomic mass is 10.0. The quantitative estimate of drug-likeness (QED) is 0.522. The normalized spacial score (nSPS) is 12.8. The van der Waals surface area contributed by atoms with Gasteiger partial charge in [0.1, 0.15) is 5.82 Å². The molecule has 1 aliphatic rings. The molecule has 3 N–H and O–H groups in total. The van der Waals surface area contributed by atoms with E-state index in [0.717, 1.165) is 16.0 Å². The van der Waals surface area contributed by atoms with Gasteiger partial charge in [-0.2, -0.15) is 0 Å². The minimum atomic E-state index is -0.693. The molecule has 0 saturated heterocycles. The number of amides is 2. The lowest BCUT2D eigenvalue weighted by Gasteiger charge is -2.17. The van der Waals surface area contributed by atoms with Crippen molar-refractivity contribution in [1.82, 2.24) is 9.88 Å². The molecule has 3 aromatic rings. The number of carbonyl (C=O) groups is 3. The van der Waals surface area contributed by atoms with Crippen LogP contribution in [0.2, 0.25) is 0 Å². The summed E-state index contributed by atoms with van der Waals surface area (Å²) in [5.74, 6) is -2.26. The molecule has 134 valence electrons. The summed E-state index contributed by atoms with van der Waals surface area (Å²) in [5.41, 5.74) is 5.60. The lowest BCUT2D eigenvalue weighted by molar-refractivity contribution is 0.0600. The SMILES string of the molecule is COC(=O)c1ccc2ccccc2c1-n1c(N)c2c(cc1=O)C(=O)NC2=O. The van der Waals surface area contributed by atoms with Crippen LogP contribution in [0.3, 0.4) is 0 Å². The minimum absolute atomic E-state index is 0.0846. The number of aromatic nitrogens is 1. The van der Waals surface area contributed by atoms with Crippen LogP contribution in [0.15, 0.2) is 47.3 Å². The van der Waals surface area contributed by atoms with E-state index in [2.05, 4.69) is 5.32 Å². The molecular formula is C19H13N3O5. The van der Waals surface area contributed by atoms with E-state index in [9.17, 15) is 19.2 Å². The highest BCUT2D eigenvalue weighted by atomic mass is 16.5. The van der Waals surface area contributed by atoms with Gasteiger partial charge in [0, 0.05) is 11.5 Å². The summed E-state index contributed by atoms with van der Waals surface area (Å²) in [6.45, 7) is 0. The molecule has 2 aromatic carbocycles. The van der Waals surface area contributed by atoms with Gasteiger partial charge >= 0.3 is 5.97 Å². The van der Waals surface area contributed by atoms with Gasteiger partial charge < -0.3 is 10.5 Å². The van der Waals surface area contributed by atoms with Gasteiger partial charge in [0.25, 0.3) is 17.4 Å². The van der Waals surface area contributed by atoms with Crippen molar-refractivity contribution >= 4 is 34.4 Å². The Bertz CT molecular complexity index is 1230. The van der Waals surface area contributed by atoms with Crippen molar-refractivity contribution in [3.63, 3.8) is 0 Å². The fourth-order valence-electron chi connectivity index (χ4n) is 3.28. The minimum Gasteiger partial charge on any atom is -0.465 e. The Hall–Kier alpha value is -3.94. The number of carbonyl (C=O) groups excluding carboxylic acids is 3. The largest absolute Gasteiger partial charge is 0.465 e. The maximum Gasteiger partial charge on any atom is 0.340 e. The number of anilines is 1. The van der Waals surface area contributed by atoms with Crippen LogP contribution in [0.5, 0.6) is 0 Å². The van der Waals surface area contributed by atoms with Crippen molar-refractivity contribution in [2.75, 3.05) is 12.8 Å². The maximum absolute atomic E-state index is 12.8. The first-order valence-corrected chi connectivity index (χ1v) is 7.95. The fraction of sp³-hybridized carbons (Fsp3) is 0.0526. The summed E-state index contributed by atoms with van der Waals surface area (Å²) >= 11 is 0. The summed E-state index contributed by atoms with van der Waals surface area (Å²) in [4.78, 5) is 49.1. The molecular weight excluding hydrogens is 350 g/mol. The Kier molecular flexibility index (Phi) is 3.55. The van der Waals surface area contributed by atoms with Gasteiger partial charge in [-0.25, -0.2) is 4.79 Å². The number of pyridine rings is 1. The number of methoxy groups -OCH3 is 1. The first-order chi connectivity index (χ1) is 12.9. The molecule has 0 spiro atoms. The third-order valence-corrected chi connectivity index (χ3v) is 4.48. The molecule has 8 nitrogen and oxygen atoms in total. The summed E-state index contributed by atoms with van der Waals surface area (Å²) in [6.07, 6.45) is 0. The number of hydrogen-bond acceptors (Lipinski definition) is 6. The Morgan fingerprint density at radius 3 is 2.56 bits per heavy atom. The van der Waals surface area contributed by atoms with Crippen molar-refractivity contribution in [1.29, 1.82) is 0 Å². The average molecular weight is 363 g/mol. The van der Waals surface area contributed by atoms with Crippen LogP contribution in [-0.2, 0) is 4.74 Å². The summed E-state index contributed by atoms with van der Waals surface area (Å²) < 4.78 is 5.89. The van der Waals surface area contributed by atoms with Crippen molar-refractivity contribution < 1.29 is 19.1 Å². The smallest absolute Gasteiger partial charge is 0.340 e. The van der Waals surface area contributed by atoms with Crippen molar-refractivity contribution in [2.45, 2.75) is 0 Å². The van der Waals surface area contributed by atoms with Gasteiger partial charge in [0.15, 0.2) is 0 Å². The Morgan fingerprint density at radius 1 is 1.07 bits per heavy atom. The van der Waals surface area contributed by atoms with Crippen molar-refractivity contribution in [3.05, 3.63) is 69.5 Å². The number of benzene rings is 2. The standard InChI is InChI=1S/C19H13N3O5/c1-27-19(26)11-7-6-9-4-2-3-5-10(9)15(11)22-13(23)8-12-14(16(22)20)18(25)21-17(12)24/h2-8H,20H2,1H3,(H,21,24,25). The monoisotopic (exact) mass is 363 g/mol. The lowest BCUT2D eigenvalue weighted by Crippen LogP contribution is -2.26. The first kappa shape index (κ1) is 16.5. The number of ether oxygens (including phenoxy) is 1. The number of rotatable bonds is 2. The molecule has 2 heterocycles. The van der Waals surface area contributed by atoms with E-state index in [4.69, 9.17) is 10.5 Å². The second kappa shape index (κ2) is 5.80. The van der Waals surface area contributed by atoms with Gasteiger partial charge in [-0.1, -0.05) is 30.3 Å². The summed E-state index contributed by atoms with van der Waals surface area (Å²) in [6, 6.07) is 11.4. The van der Waals surface area contributed by atoms with Crippen molar-refractivity contribution in [2.24, 2.45) is 0 Å². The number of esters is 1. The van der Waals surface area contributed by atoms with Gasteiger partial charge in [0.05, 0.1) is 29.5 Å². The molecule has 0 unspecified atom stereocenters. The maximum atomic E-state index is 12.8. The van der Waals surface area contributed by atoms with Crippen molar-refractivity contribution in [3.8, 4) is 5.69 Å². The van der Waals surface area contributed by atoms with E-state index in [1.165, 1.54) is 13.2 Å². The van der Waals surface area contributed by atoms with E-state index in [1.807, 2.05) is 12.1 Å². The zero-order chi connectivity index (χ0) is 19.3. The highest BCUT2D eigenvalue weighted by Crippen LogP contribution is 2.30. The molecule has 0 saturated carbocycles. The Balaban J connectivity index is 2.17. The number of nitrogens with two attached hydrogens (primary N) is 1. The highest BCUT2D eigenvalue weighted by molar-refractivity contribution is 6.23. The zero-order valence-electron chi connectivity index (χ0n) is 14.1. The van der Waals surface area contributed by atoms with Crippen LogP contribution < -0.4 is 16.6 Å². The summed E-state index contributed by atoms with van der Waals surface area (Å²) in [7, 11) is 1.22. The van der Waals surface area contributed by atoms with Crippen LogP contribution >= 0.6 is 0 Å². The third-order valence-electron chi connectivity index (χ3n) is 4.48. The third kappa shape index (κ3) is 2.30. The molecule has 2 amide bonds. The number of nitrogen functional groups attached to an aromatic ring is 1. The molecule has 0 aliphatic carbocycles. The predicted molar refractivity (Wildman–Crippen MR) is 97.1 cm³/mol. The summed E-state index contributed by atoms with van der Waals surface area (Å²) in [5, 5.41) is 3.44. The zero-order valence-corrected chi connectivity index (χ0v) is 14.1. The second-order valence-corrected chi connectivity index (χ2v) is 5.95. The van der Waals surface area contributed by atoms with Gasteiger partial charge in [-0.15, -0.1) is 0 Å². The van der Waals surface area contributed by atoms with Crippen LogP contribution in [-0.4, -0.2) is 29.5 Å². The molecule has 1 aliphatic heterocycles. The molecule has 4 rings (SSSR count). The van der Waals surface area contributed by atoms with Gasteiger partial charge in [-0.05, 0) is 11.5 Å². The molecule has 0 atom stereocenters. The number of nitrogens with zero attached hydrogens (tertiary/aromatic N) is 1. The highest BCUT2D eigenvalue weighted by Gasteiger charge is 2.33. The Morgan fingerprint density at radius 2 is 1.81 bits per heavy atom. The molecule has 8 heteroatoms. The number of fused-ring (bicyclic) bond motifs is 2. The average Bonchev–Trinajstić information content (AvgIpc) is 2.94. The second-order valence-electron chi connectivity index (χ2n) is 5.95. The topological polar surface area (TPSA) is 120 Å². The van der Waals surface area contributed by atoms with Crippen LogP contribution in [0.4, 0.5) is 5.82 Å².